The van der Waals surface area contributed by atoms with Gasteiger partial charge in [0, 0.05) is 5.39 Å². The molecule has 7 heteroatoms. The lowest BCUT2D eigenvalue weighted by Crippen LogP contribution is -2.33. The molecule has 0 radical (unpaired) electrons. The Morgan fingerprint density at radius 3 is 2.33 bits per heavy atom. The molecule has 4 rings (SSSR count). The first kappa shape index (κ1) is 14.1. The molecule has 0 unspecified atom stereocenters. The molecule has 0 atom stereocenters. The lowest BCUT2D eigenvalue weighted by Gasteiger charge is -2.12. The highest BCUT2D eigenvalue weighted by Crippen LogP contribution is 2.23. The van der Waals surface area contributed by atoms with Gasteiger partial charge in [0.1, 0.15) is 0 Å². The molecule has 3 aromatic rings. The molecule has 0 fully saturated rings. The van der Waals surface area contributed by atoms with Gasteiger partial charge < -0.3 is 4.84 Å². The highest BCUT2D eigenvalue weighted by molar-refractivity contribution is 6.20. The van der Waals surface area contributed by atoms with Crippen molar-refractivity contribution in [3.8, 4) is 0 Å². The number of imide groups is 1. The number of hydrogen-bond donors (Lipinski definition) is 1. The zero-order valence-electron chi connectivity index (χ0n) is 12.4. The van der Waals surface area contributed by atoms with Gasteiger partial charge >= 0.3 is 5.97 Å². The monoisotopic (exact) mass is 321 g/mol. The van der Waals surface area contributed by atoms with Gasteiger partial charge in [-0.2, -0.15) is 5.10 Å². The fourth-order valence-corrected chi connectivity index (χ4v) is 2.68. The van der Waals surface area contributed by atoms with E-state index in [0.717, 1.165) is 10.9 Å². The highest BCUT2D eigenvalue weighted by Gasteiger charge is 2.38. The van der Waals surface area contributed by atoms with E-state index in [4.69, 9.17) is 4.84 Å². The fraction of sp³-hybridized carbons (Fsp3) is 0.0588. The molecular weight excluding hydrogens is 310 g/mol. The van der Waals surface area contributed by atoms with Gasteiger partial charge in [0.25, 0.3) is 11.8 Å². The minimum absolute atomic E-state index is 0.131. The number of fused-ring (bicyclic) bond motifs is 2. The predicted octanol–water partition coefficient (Wildman–Crippen LogP) is 1.86. The van der Waals surface area contributed by atoms with E-state index < -0.39 is 17.8 Å². The van der Waals surface area contributed by atoms with E-state index in [9.17, 15) is 14.4 Å². The molecule has 1 aliphatic rings. The first-order chi connectivity index (χ1) is 11.6. The number of carbonyl (C=O) groups excluding carboxylic acids is 3. The van der Waals surface area contributed by atoms with Crippen molar-refractivity contribution in [2.45, 2.75) is 6.42 Å². The highest BCUT2D eigenvalue weighted by atomic mass is 16.7. The Kier molecular flexibility index (Phi) is 3.13. The first-order valence-corrected chi connectivity index (χ1v) is 7.26. The Bertz CT molecular complexity index is 957. The summed E-state index contributed by atoms with van der Waals surface area (Å²) in [6.45, 7) is 0. The molecule has 0 aliphatic carbocycles. The van der Waals surface area contributed by atoms with Crippen molar-refractivity contribution in [2.75, 3.05) is 0 Å². The van der Waals surface area contributed by atoms with Crippen LogP contribution in [0.4, 0.5) is 0 Å². The van der Waals surface area contributed by atoms with Gasteiger partial charge in [0.15, 0.2) is 0 Å². The maximum absolute atomic E-state index is 12.2. The Hall–Kier alpha value is -3.48. The fourth-order valence-electron chi connectivity index (χ4n) is 2.68. The number of amides is 2. The number of nitrogens with one attached hydrogen (secondary N) is 1. The maximum Gasteiger partial charge on any atom is 0.339 e. The van der Waals surface area contributed by atoms with Crippen molar-refractivity contribution in [1.82, 2.24) is 15.3 Å². The number of nitrogens with zero attached hydrogens (tertiary/aromatic N) is 2. The number of benzene rings is 2. The van der Waals surface area contributed by atoms with E-state index in [-0.39, 0.29) is 17.5 Å². The zero-order chi connectivity index (χ0) is 16.7. The van der Waals surface area contributed by atoms with E-state index in [2.05, 4.69) is 10.2 Å². The molecule has 1 aliphatic heterocycles. The average Bonchev–Trinajstić information content (AvgIpc) is 3.11. The Labute approximate surface area is 135 Å². The second-order valence-electron chi connectivity index (χ2n) is 5.31. The largest absolute Gasteiger partial charge is 0.339 e. The summed E-state index contributed by atoms with van der Waals surface area (Å²) in [5, 5.41) is 8.15. The van der Waals surface area contributed by atoms with Crippen LogP contribution >= 0.6 is 0 Å². The van der Waals surface area contributed by atoms with Crippen LogP contribution in [0.2, 0.25) is 0 Å². The first-order valence-electron chi connectivity index (χ1n) is 7.26. The van der Waals surface area contributed by atoms with Crippen LogP contribution < -0.4 is 0 Å². The summed E-state index contributed by atoms with van der Waals surface area (Å²) in [6.07, 6.45) is -0.131. The molecule has 0 bridgehead atoms. The molecular formula is C17H11N3O4. The molecule has 2 aromatic carbocycles. The summed E-state index contributed by atoms with van der Waals surface area (Å²) >= 11 is 0. The van der Waals surface area contributed by atoms with E-state index in [1.165, 1.54) is 12.1 Å². The third-order valence-corrected chi connectivity index (χ3v) is 3.81. The van der Waals surface area contributed by atoms with Crippen LogP contribution in [0.5, 0.6) is 0 Å². The van der Waals surface area contributed by atoms with Gasteiger partial charge in [-0.05, 0) is 18.2 Å². The van der Waals surface area contributed by atoms with Gasteiger partial charge in [-0.1, -0.05) is 35.4 Å². The van der Waals surface area contributed by atoms with Crippen LogP contribution in [-0.4, -0.2) is 33.0 Å². The number of para-hydroxylation sites is 1. The molecule has 0 spiro atoms. The zero-order valence-corrected chi connectivity index (χ0v) is 12.4. The Balaban J connectivity index is 1.53. The molecule has 0 saturated heterocycles. The molecule has 24 heavy (non-hydrogen) atoms. The van der Waals surface area contributed by atoms with Gasteiger partial charge in [0.2, 0.25) is 0 Å². The number of hydrogen-bond acceptors (Lipinski definition) is 5. The molecule has 2 amide bonds. The van der Waals surface area contributed by atoms with Crippen LogP contribution in [0, 0.1) is 0 Å². The molecule has 7 nitrogen and oxygen atoms in total. The van der Waals surface area contributed by atoms with Crippen LogP contribution in [0.3, 0.4) is 0 Å². The second-order valence-corrected chi connectivity index (χ2v) is 5.31. The normalized spacial score (nSPS) is 13.4. The van der Waals surface area contributed by atoms with Crippen LogP contribution in [-0.2, 0) is 16.1 Å². The maximum atomic E-state index is 12.2. The summed E-state index contributed by atoms with van der Waals surface area (Å²) in [4.78, 5) is 41.5. The van der Waals surface area contributed by atoms with Gasteiger partial charge in [-0.25, -0.2) is 4.79 Å². The minimum Gasteiger partial charge on any atom is -0.329 e. The minimum atomic E-state index is -0.723. The van der Waals surface area contributed by atoms with Gasteiger partial charge in [-0.15, -0.1) is 0 Å². The molecule has 0 saturated carbocycles. The van der Waals surface area contributed by atoms with Crippen LogP contribution in [0.1, 0.15) is 26.4 Å². The lowest BCUT2D eigenvalue weighted by molar-refractivity contribution is -0.167. The number of aromatic amines is 1. The summed E-state index contributed by atoms with van der Waals surface area (Å²) in [5.74, 6) is -2.00. The Morgan fingerprint density at radius 2 is 1.62 bits per heavy atom. The number of carbonyl (C=O) groups is 3. The van der Waals surface area contributed by atoms with Crippen molar-refractivity contribution in [3.63, 3.8) is 0 Å². The van der Waals surface area contributed by atoms with Crippen molar-refractivity contribution in [3.05, 3.63) is 65.4 Å². The number of rotatable bonds is 3. The quantitative estimate of drug-likeness (QED) is 0.743. The predicted molar refractivity (Wildman–Crippen MR) is 82.8 cm³/mol. The van der Waals surface area contributed by atoms with E-state index >= 15 is 0 Å². The van der Waals surface area contributed by atoms with Crippen molar-refractivity contribution in [2.24, 2.45) is 0 Å². The summed E-state index contributed by atoms with van der Waals surface area (Å²) in [6, 6.07) is 13.6. The molecule has 1 aromatic heterocycles. The SMILES string of the molecule is O=C(Cc1[nH]nc2ccccc12)ON1C(=O)c2ccccc2C1=O. The van der Waals surface area contributed by atoms with Gasteiger partial charge in [0.05, 0.1) is 28.8 Å². The topological polar surface area (TPSA) is 92.4 Å². The number of aromatic nitrogens is 2. The molecule has 2 heterocycles. The van der Waals surface area contributed by atoms with E-state index in [1.807, 2.05) is 24.3 Å². The standard InChI is InChI=1S/C17H11N3O4/c21-15(9-14-12-7-3-4-8-13(12)18-19-14)24-20-16(22)10-5-1-2-6-11(10)17(20)23/h1-8H,9H2,(H,18,19). The number of H-pyrrole nitrogens is 1. The third-order valence-electron chi connectivity index (χ3n) is 3.81. The van der Waals surface area contributed by atoms with Gasteiger partial charge in [-0.3, -0.25) is 14.7 Å². The Morgan fingerprint density at radius 1 is 1.00 bits per heavy atom. The smallest absolute Gasteiger partial charge is 0.329 e. The average molecular weight is 321 g/mol. The summed E-state index contributed by atoms with van der Waals surface area (Å²) in [7, 11) is 0. The molecule has 118 valence electrons. The van der Waals surface area contributed by atoms with E-state index in [0.29, 0.717) is 10.8 Å². The van der Waals surface area contributed by atoms with Crippen molar-refractivity contribution >= 4 is 28.7 Å². The summed E-state index contributed by atoms with van der Waals surface area (Å²) in [5.41, 5.74) is 1.73. The number of hydroxylamine groups is 2. The van der Waals surface area contributed by atoms with E-state index in [1.54, 1.807) is 12.1 Å². The summed E-state index contributed by atoms with van der Waals surface area (Å²) < 4.78 is 0. The van der Waals surface area contributed by atoms with Crippen molar-refractivity contribution in [1.29, 1.82) is 0 Å². The lowest BCUT2D eigenvalue weighted by atomic mass is 10.1. The van der Waals surface area contributed by atoms with Crippen molar-refractivity contribution < 1.29 is 19.2 Å². The second kappa shape index (κ2) is 5.31. The van der Waals surface area contributed by atoms with Crippen LogP contribution in [0.15, 0.2) is 48.5 Å². The molecule has 1 N–H and O–H groups in total. The van der Waals surface area contributed by atoms with Crippen LogP contribution in [0.25, 0.3) is 10.9 Å². The third kappa shape index (κ3) is 2.14.